The summed E-state index contributed by atoms with van der Waals surface area (Å²) in [7, 11) is -2.90. The Balaban J connectivity index is 2.21. The molecule has 1 fully saturated rings. The number of anilines is 1. The summed E-state index contributed by atoms with van der Waals surface area (Å²) in [4.78, 5) is 0. The molecule has 0 radical (unpaired) electrons. The first-order valence-corrected chi connectivity index (χ1v) is 5.68. The van der Waals surface area contributed by atoms with Crippen molar-refractivity contribution in [3.05, 3.63) is 5.89 Å². The molecule has 1 aliphatic heterocycles. The molecule has 1 aromatic rings. The van der Waals surface area contributed by atoms with Gasteiger partial charge in [-0.05, 0) is 6.42 Å². The van der Waals surface area contributed by atoms with E-state index in [0.717, 1.165) is 0 Å². The molecule has 1 atom stereocenters. The summed E-state index contributed by atoms with van der Waals surface area (Å²) in [6, 6.07) is -0.0145. The van der Waals surface area contributed by atoms with Crippen LogP contribution < -0.4 is 5.73 Å². The first-order chi connectivity index (χ1) is 6.07. The Morgan fingerprint density at radius 1 is 1.46 bits per heavy atom. The number of nitrogen functional groups attached to an aromatic ring is 1. The van der Waals surface area contributed by atoms with Gasteiger partial charge in [-0.15, -0.1) is 5.10 Å². The molecule has 13 heavy (non-hydrogen) atoms. The highest BCUT2D eigenvalue weighted by Gasteiger charge is 2.32. The van der Waals surface area contributed by atoms with Gasteiger partial charge >= 0.3 is 6.01 Å². The lowest BCUT2D eigenvalue weighted by Gasteiger charge is -1.97. The zero-order valence-corrected chi connectivity index (χ0v) is 7.62. The van der Waals surface area contributed by atoms with E-state index in [0.29, 0.717) is 12.3 Å². The average molecular weight is 203 g/mol. The van der Waals surface area contributed by atoms with Crippen molar-refractivity contribution in [3.63, 3.8) is 0 Å². The molecule has 1 aromatic heterocycles. The number of nitrogens with two attached hydrogens (primary N) is 1. The second kappa shape index (κ2) is 2.69. The Morgan fingerprint density at radius 3 is 2.69 bits per heavy atom. The molecule has 1 unspecified atom stereocenters. The van der Waals surface area contributed by atoms with Crippen molar-refractivity contribution in [1.29, 1.82) is 0 Å². The third-order valence-electron chi connectivity index (χ3n) is 2.04. The fourth-order valence-electron chi connectivity index (χ4n) is 1.40. The molecule has 7 heteroatoms. The first kappa shape index (κ1) is 8.49. The van der Waals surface area contributed by atoms with Crippen LogP contribution in [0.25, 0.3) is 0 Å². The summed E-state index contributed by atoms with van der Waals surface area (Å²) in [6.45, 7) is 0. The van der Waals surface area contributed by atoms with Gasteiger partial charge in [0.15, 0.2) is 9.84 Å². The zero-order chi connectivity index (χ0) is 9.47. The standard InChI is InChI=1S/C6H9N3O3S/c7-6-9-8-5(12-6)4-1-2-13(10,11)3-4/h4H,1-3H2,(H2,7,9). The lowest BCUT2D eigenvalue weighted by Crippen LogP contribution is -2.03. The predicted molar refractivity (Wildman–Crippen MR) is 44.7 cm³/mol. The summed E-state index contributed by atoms with van der Waals surface area (Å²) in [6.07, 6.45) is 0.546. The highest BCUT2D eigenvalue weighted by molar-refractivity contribution is 7.91. The Labute approximate surface area is 75.1 Å². The fraction of sp³-hybridized carbons (Fsp3) is 0.667. The molecule has 72 valence electrons. The SMILES string of the molecule is Nc1nnc(C2CCS(=O)(=O)C2)o1. The minimum Gasteiger partial charge on any atom is -0.408 e. The summed E-state index contributed by atoms with van der Waals surface area (Å²) in [5.41, 5.74) is 5.22. The van der Waals surface area contributed by atoms with Crippen LogP contribution >= 0.6 is 0 Å². The van der Waals surface area contributed by atoms with Crippen LogP contribution in [0, 0.1) is 0 Å². The van der Waals surface area contributed by atoms with Crippen LogP contribution in [-0.4, -0.2) is 30.1 Å². The van der Waals surface area contributed by atoms with E-state index in [1.54, 1.807) is 0 Å². The van der Waals surface area contributed by atoms with Crippen molar-refractivity contribution in [2.45, 2.75) is 12.3 Å². The van der Waals surface area contributed by atoms with Gasteiger partial charge in [-0.3, -0.25) is 0 Å². The zero-order valence-electron chi connectivity index (χ0n) is 6.80. The maximum atomic E-state index is 11.1. The molecular formula is C6H9N3O3S. The van der Waals surface area contributed by atoms with Crippen LogP contribution in [0.5, 0.6) is 0 Å². The number of rotatable bonds is 1. The van der Waals surface area contributed by atoms with Crippen LogP contribution in [-0.2, 0) is 9.84 Å². The van der Waals surface area contributed by atoms with Gasteiger partial charge in [-0.2, -0.15) is 0 Å². The number of nitrogens with zero attached hydrogens (tertiary/aromatic N) is 2. The largest absolute Gasteiger partial charge is 0.408 e. The number of aromatic nitrogens is 2. The minimum absolute atomic E-state index is 0.0145. The molecule has 2 rings (SSSR count). The molecule has 0 amide bonds. The van der Waals surface area contributed by atoms with E-state index in [1.807, 2.05) is 0 Å². The van der Waals surface area contributed by atoms with Gasteiger partial charge in [0.05, 0.1) is 17.4 Å². The molecule has 0 aromatic carbocycles. The van der Waals surface area contributed by atoms with E-state index >= 15 is 0 Å². The lowest BCUT2D eigenvalue weighted by atomic mass is 10.1. The van der Waals surface area contributed by atoms with Gasteiger partial charge in [0.1, 0.15) is 0 Å². The Bertz CT molecular complexity index is 411. The third kappa shape index (κ3) is 1.64. The maximum absolute atomic E-state index is 11.1. The predicted octanol–water partition coefficient (Wildman–Crippen LogP) is -0.446. The highest BCUT2D eigenvalue weighted by Crippen LogP contribution is 2.27. The molecule has 0 aliphatic carbocycles. The van der Waals surface area contributed by atoms with Crippen molar-refractivity contribution in [1.82, 2.24) is 10.2 Å². The Kier molecular flexibility index (Phi) is 1.76. The molecule has 0 saturated carbocycles. The fourth-order valence-corrected chi connectivity index (χ4v) is 3.13. The Hall–Kier alpha value is -1.11. The van der Waals surface area contributed by atoms with Crippen molar-refractivity contribution in [2.75, 3.05) is 17.2 Å². The molecular weight excluding hydrogens is 194 g/mol. The quantitative estimate of drug-likeness (QED) is 0.663. The maximum Gasteiger partial charge on any atom is 0.312 e. The topological polar surface area (TPSA) is 99.1 Å². The van der Waals surface area contributed by atoms with Crippen molar-refractivity contribution in [3.8, 4) is 0 Å². The summed E-state index contributed by atoms with van der Waals surface area (Å²) in [5, 5.41) is 7.13. The summed E-state index contributed by atoms with van der Waals surface area (Å²) < 4.78 is 27.2. The normalized spacial score (nSPS) is 26.3. The summed E-state index contributed by atoms with van der Waals surface area (Å²) in [5.74, 6) is 0.447. The van der Waals surface area contributed by atoms with Gasteiger partial charge in [0.2, 0.25) is 5.89 Å². The van der Waals surface area contributed by atoms with E-state index in [-0.39, 0.29) is 23.4 Å². The van der Waals surface area contributed by atoms with E-state index in [1.165, 1.54) is 0 Å². The molecule has 6 nitrogen and oxygen atoms in total. The molecule has 0 bridgehead atoms. The van der Waals surface area contributed by atoms with Gasteiger partial charge in [-0.25, -0.2) is 8.42 Å². The highest BCUT2D eigenvalue weighted by atomic mass is 32.2. The van der Waals surface area contributed by atoms with Crippen molar-refractivity contribution >= 4 is 15.9 Å². The van der Waals surface area contributed by atoms with Gasteiger partial charge in [0, 0.05) is 0 Å². The van der Waals surface area contributed by atoms with Crippen LogP contribution in [0.1, 0.15) is 18.2 Å². The van der Waals surface area contributed by atoms with Crippen LogP contribution in [0.2, 0.25) is 0 Å². The second-order valence-electron chi connectivity index (χ2n) is 3.08. The minimum atomic E-state index is -2.90. The molecule has 1 saturated heterocycles. The smallest absolute Gasteiger partial charge is 0.312 e. The first-order valence-electron chi connectivity index (χ1n) is 3.86. The number of hydrogen-bond acceptors (Lipinski definition) is 6. The van der Waals surface area contributed by atoms with E-state index in [9.17, 15) is 8.42 Å². The van der Waals surface area contributed by atoms with Gasteiger partial charge in [-0.1, -0.05) is 5.10 Å². The lowest BCUT2D eigenvalue weighted by molar-refractivity contribution is 0.474. The van der Waals surface area contributed by atoms with Crippen LogP contribution in [0.15, 0.2) is 4.42 Å². The molecule has 1 aliphatic rings. The molecule has 2 N–H and O–H groups in total. The number of sulfone groups is 1. The number of hydrogen-bond donors (Lipinski definition) is 1. The van der Waals surface area contributed by atoms with E-state index < -0.39 is 9.84 Å². The Morgan fingerprint density at radius 2 is 2.23 bits per heavy atom. The van der Waals surface area contributed by atoms with E-state index in [2.05, 4.69) is 10.2 Å². The second-order valence-corrected chi connectivity index (χ2v) is 5.31. The van der Waals surface area contributed by atoms with Crippen molar-refractivity contribution < 1.29 is 12.8 Å². The summed E-state index contributed by atoms with van der Waals surface area (Å²) >= 11 is 0. The van der Waals surface area contributed by atoms with Gasteiger partial charge < -0.3 is 10.2 Å². The molecule has 2 heterocycles. The molecule has 0 spiro atoms. The van der Waals surface area contributed by atoms with Crippen LogP contribution in [0.4, 0.5) is 6.01 Å². The monoisotopic (exact) mass is 203 g/mol. The van der Waals surface area contributed by atoms with Gasteiger partial charge in [0.25, 0.3) is 0 Å². The van der Waals surface area contributed by atoms with Crippen LogP contribution in [0.3, 0.4) is 0 Å². The third-order valence-corrected chi connectivity index (χ3v) is 3.81. The average Bonchev–Trinajstić information content (AvgIpc) is 2.56. The van der Waals surface area contributed by atoms with Crippen molar-refractivity contribution in [2.24, 2.45) is 0 Å². The van der Waals surface area contributed by atoms with E-state index in [4.69, 9.17) is 10.2 Å².